The van der Waals surface area contributed by atoms with E-state index in [2.05, 4.69) is 45.2 Å². The molecule has 0 radical (unpaired) electrons. The fourth-order valence-electron chi connectivity index (χ4n) is 3.32. The lowest BCUT2D eigenvalue weighted by Gasteiger charge is -2.27. The maximum atomic E-state index is 9.25. The minimum Gasteiger partial charge on any atom is -0.367 e. The van der Waals surface area contributed by atoms with E-state index in [1.807, 2.05) is 12.1 Å². The molecule has 2 aliphatic heterocycles. The molecule has 2 saturated heterocycles. The minimum atomic E-state index is 0.506. The molecular formula is C14H16BrN3. The van der Waals surface area contributed by atoms with Gasteiger partial charge in [-0.25, -0.2) is 0 Å². The Hall–Kier alpha value is -1.05. The topological polar surface area (TPSA) is 39.1 Å². The highest BCUT2D eigenvalue weighted by molar-refractivity contribution is 9.10. The summed E-state index contributed by atoms with van der Waals surface area (Å²) in [5.41, 5.74) is 1.85. The van der Waals surface area contributed by atoms with Gasteiger partial charge in [-0.15, -0.1) is 0 Å². The van der Waals surface area contributed by atoms with Gasteiger partial charge in [0.25, 0.3) is 0 Å². The monoisotopic (exact) mass is 305 g/mol. The van der Waals surface area contributed by atoms with Crippen molar-refractivity contribution in [3.63, 3.8) is 0 Å². The molecule has 3 nitrogen and oxygen atoms in total. The van der Waals surface area contributed by atoms with Crippen molar-refractivity contribution >= 4 is 21.6 Å². The second kappa shape index (κ2) is 4.56. The number of benzene rings is 1. The maximum Gasteiger partial charge on any atom is 0.101 e. The van der Waals surface area contributed by atoms with Gasteiger partial charge in [-0.3, -0.25) is 0 Å². The van der Waals surface area contributed by atoms with Crippen molar-refractivity contribution in [3.8, 4) is 6.07 Å². The van der Waals surface area contributed by atoms with Crippen molar-refractivity contribution < 1.29 is 0 Å². The Bertz CT molecular complexity index is 508. The molecule has 2 fully saturated rings. The number of nitrogens with one attached hydrogen (secondary N) is 1. The summed E-state index contributed by atoms with van der Waals surface area (Å²) in [7, 11) is 0. The fourth-order valence-corrected chi connectivity index (χ4v) is 3.67. The van der Waals surface area contributed by atoms with Crippen LogP contribution in [0.15, 0.2) is 22.7 Å². The fraction of sp³-hybridized carbons (Fsp3) is 0.500. The van der Waals surface area contributed by atoms with Gasteiger partial charge in [-0.1, -0.05) is 15.9 Å². The predicted octanol–water partition coefficient (Wildman–Crippen LogP) is 2.36. The van der Waals surface area contributed by atoms with Crippen LogP contribution in [-0.2, 0) is 0 Å². The molecule has 94 valence electrons. The van der Waals surface area contributed by atoms with Crippen molar-refractivity contribution in [2.24, 2.45) is 11.8 Å². The third kappa shape index (κ3) is 1.82. The molecule has 1 N–H and O–H groups in total. The van der Waals surface area contributed by atoms with Crippen molar-refractivity contribution in [1.82, 2.24) is 5.32 Å². The zero-order chi connectivity index (χ0) is 12.7. The SMILES string of the molecule is CC1C2CNCC2CN1c1cc(Br)ccc1C#N. The maximum absolute atomic E-state index is 9.25. The van der Waals surface area contributed by atoms with Crippen molar-refractivity contribution in [3.05, 3.63) is 28.2 Å². The van der Waals surface area contributed by atoms with Gasteiger partial charge >= 0.3 is 0 Å². The van der Waals surface area contributed by atoms with E-state index in [1.165, 1.54) is 0 Å². The molecule has 0 spiro atoms. The van der Waals surface area contributed by atoms with Crippen LogP contribution in [0.4, 0.5) is 5.69 Å². The first-order valence-corrected chi connectivity index (χ1v) is 7.17. The molecule has 3 atom stereocenters. The standard InChI is InChI=1S/C14H16BrN3/c1-9-13-7-17-6-11(13)8-18(9)14-4-12(15)3-2-10(14)5-16/h2-4,9,11,13,17H,6-8H2,1H3. The summed E-state index contributed by atoms with van der Waals surface area (Å²) in [5.74, 6) is 1.45. The van der Waals surface area contributed by atoms with Gasteiger partial charge in [-0.05, 0) is 37.0 Å². The molecule has 0 bridgehead atoms. The lowest BCUT2D eigenvalue weighted by atomic mass is 9.95. The quantitative estimate of drug-likeness (QED) is 0.866. The number of halogens is 1. The molecule has 18 heavy (non-hydrogen) atoms. The van der Waals surface area contributed by atoms with Crippen LogP contribution >= 0.6 is 15.9 Å². The average Bonchev–Trinajstić information content (AvgIpc) is 2.93. The van der Waals surface area contributed by atoms with E-state index in [0.29, 0.717) is 6.04 Å². The van der Waals surface area contributed by atoms with E-state index < -0.39 is 0 Å². The number of hydrogen-bond acceptors (Lipinski definition) is 3. The molecule has 2 heterocycles. The molecule has 3 unspecified atom stereocenters. The lowest BCUT2D eigenvalue weighted by Crippen LogP contribution is -2.33. The number of nitriles is 1. The van der Waals surface area contributed by atoms with Crippen molar-refractivity contribution in [1.29, 1.82) is 5.26 Å². The number of rotatable bonds is 1. The third-order valence-electron chi connectivity index (χ3n) is 4.32. The zero-order valence-corrected chi connectivity index (χ0v) is 11.9. The lowest BCUT2D eigenvalue weighted by molar-refractivity contribution is 0.471. The summed E-state index contributed by atoms with van der Waals surface area (Å²) in [6.07, 6.45) is 0. The van der Waals surface area contributed by atoms with Gasteiger partial charge in [0, 0.05) is 30.1 Å². The molecule has 0 aromatic heterocycles. The van der Waals surface area contributed by atoms with Crippen LogP contribution in [-0.4, -0.2) is 25.7 Å². The van der Waals surface area contributed by atoms with Gasteiger partial charge < -0.3 is 10.2 Å². The summed E-state index contributed by atoms with van der Waals surface area (Å²) in [6.45, 7) is 5.56. The highest BCUT2D eigenvalue weighted by Crippen LogP contribution is 2.37. The first kappa shape index (κ1) is 12.0. The van der Waals surface area contributed by atoms with E-state index in [-0.39, 0.29) is 0 Å². The number of anilines is 1. The van der Waals surface area contributed by atoms with Gasteiger partial charge in [0.05, 0.1) is 11.3 Å². The van der Waals surface area contributed by atoms with Gasteiger partial charge in [0.1, 0.15) is 6.07 Å². The van der Waals surface area contributed by atoms with Gasteiger partial charge in [0.15, 0.2) is 0 Å². The van der Waals surface area contributed by atoms with Crippen LogP contribution in [0.3, 0.4) is 0 Å². The van der Waals surface area contributed by atoms with Gasteiger partial charge in [0.2, 0.25) is 0 Å². The normalized spacial score (nSPS) is 30.3. The van der Waals surface area contributed by atoms with E-state index in [0.717, 1.165) is 47.2 Å². The largest absolute Gasteiger partial charge is 0.367 e. The van der Waals surface area contributed by atoms with Crippen LogP contribution in [0.1, 0.15) is 12.5 Å². The number of fused-ring (bicyclic) bond motifs is 1. The van der Waals surface area contributed by atoms with Crippen LogP contribution in [0, 0.1) is 23.2 Å². The van der Waals surface area contributed by atoms with Gasteiger partial charge in [-0.2, -0.15) is 5.26 Å². The number of hydrogen-bond donors (Lipinski definition) is 1. The Morgan fingerprint density at radius 1 is 1.44 bits per heavy atom. The molecule has 2 aliphatic rings. The second-order valence-corrected chi connectivity index (χ2v) is 6.16. The van der Waals surface area contributed by atoms with E-state index in [4.69, 9.17) is 0 Å². The highest BCUT2D eigenvalue weighted by atomic mass is 79.9. The summed E-state index contributed by atoms with van der Waals surface area (Å²) >= 11 is 3.51. The summed E-state index contributed by atoms with van der Waals surface area (Å²) in [6, 6.07) is 8.72. The van der Waals surface area contributed by atoms with E-state index in [1.54, 1.807) is 0 Å². The van der Waals surface area contributed by atoms with E-state index in [9.17, 15) is 5.26 Å². The zero-order valence-electron chi connectivity index (χ0n) is 10.4. The van der Waals surface area contributed by atoms with Crippen LogP contribution < -0.4 is 10.2 Å². The Kier molecular flexibility index (Phi) is 3.04. The average molecular weight is 306 g/mol. The highest BCUT2D eigenvalue weighted by Gasteiger charge is 2.42. The molecule has 3 rings (SSSR count). The van der Waals surface area contributed by atoms with Crippen molar-refractivity contribution in [2.75, 3.05) is 24.5 Å². The molecule has 4 heteroatoms. The predicted molar refractivity (Wildman–Crippen MR) is 75.5 cm³/mol. The Balaban J connectivity index is 1.96. The molecular weight excluding hydrogens is 290 g/mol. The first-order valence-electron chi connectivity index (χ1n) is 6.37. The summed E-state index contributed by atoms with van der Waals surface area (Å²) in [5, 5.41) is 12.7. The molecule has 0 aliphatic carbocycles. The molecule has 0 amide bonds. The third-order valence-corrected chi connectivity index (χ3v) is 4.82. The summed E-state index contributed by atoms with van der Waals surface area (Å²) < 4.78 is 1.04. The minimum absolute atomic E-state index is 0.506. The Labute approximate surface area is 116 Å². The molecule has 1 aromatic carbocycles. The Morgan fingerprint density at radius 3 is 3.00 bits per heavy atom. The molecule has 1 aromatic rings. The van der Waals surface area contributed by atoms with Crippen molar-refractivity contribution in [2.45, 2.75) is 13.0 Å². The first-order chi connectivity index (χ1) is 8.70. The Morgan fingerprint density at radius 2 is 2.28 bits per heavy atom. The van der Waals surface area contributed by atoms with E-state index >= 15 is 0 Å². The smallest absolute Gasteiger partial charge is 0.101 e. The molecule has 0 saturated carbocycles. The van der Waals surface area contributed by atoms with Crippen LogP contribution in [0.2, 0.25) is 0 Å². The number of nitrogens with zero attached hydrogens (tertiary/aromatic N) is 2. The van der Waals surface area contributed by atoms with Crippen LogP contribution in [0.25, 0.3) is 0 Å². The van der Waals surface area contributed by atoms with Crippen LogP contribution in [0.5, 0.6) is 0 Å². The second-order valence-electron chi connectivity index (χ2n) is 5.25. The summed E-state index contributed by atoms with van der Waals surface area (Å²) in [4.78, 5) is 2.40.